The van der Waals surface area contributed by atoms with Crippen molar-refractivity contribution in [3.8, 4) is 0 Å². The van der Waals surface area contributed by atoms with Crippen LogP contribution in [0.5, 0.6) is 0 Å². The largest absolute Gasteiger partial charge is 0.396 e. The molecule has 2 heterocycles. The van der Waals surface area contributed by atoms with Gasteiger partial charge in [-0.2, -0.15) is 0 Å². The quantitative estimate of drug-likeness (QED) is 0.557. The molecule has 0 amide bonds. The highest BCUT2D eigenvalue weighted by Crippen LogP contribution is 2.37. The monoisotopic (exact) mass is 210 g/mol. The van der Waals surface area contributed by atoms with E-state index in [1.54, 1.807) is 0 Å². The number of aliphatic hydroxyl groups is 1. The van der Waals surface area contributed by atoms with Crippen LogP contribution in [0, 0.1) is 5.92 Å². The van der Waals surface area contributed by atoms with Gasteiger partial charge in [-0.1, -0.05) is 6.58 Å². The molecular weight excluding hydrogens is 186 g/mol. The molecule has 0 saturated carbocycles. The van der Waals surface area contributed by atoms with Crippen LogP contribution in [0.2, 0.25) is 0 Å². The normalized spacial score (nSPS) is 40.9. The van der Waals surface area contributed by atoms with Crippen molar-refractivity contribution in [3.05, 3.63) is 12.7 Å². The average Bonchev–Trinajstić information content (AvgIpc) is 2.28. The number of piperidine rings is 2. The minimum Gasteiger partial charge on any atom is -0.396 e. The molecule has 3 atom stereocenters. The molecule has 0 radical (unpaired) electrons. The van der Waals surface area contributed by atoms with Gasteiger partial charge in [-0.25, -0.2) is 0 Å². The van der Waals surface area contributed by atoms with Gasteiger partial charge >= 0.3 is 0 Å². The molecule has 2 rings (SSSR count). The van der Waals surface area contributed by atoms with Crippen LogP contribution in [-0.2, 0) is 0 Å². The summed E-state index contributed by atoms with van der Waals surface area (Å²) in [4.78, 5) is 0. The fourth-order valence-electron chi connectivity index (χ4n) is 3.83. The first-order valence-electron chi connectivity index (χ1n) is 6.40. The van der Waals surface area contributed by atoms with E-state index >= 15 is 0 Å². The summed E-state index contributed by atoms with van der Waals surface area (Å²) in [5.41, 5.74) is 0. The van der Waals surface area contributed by atoms with Gasteiger partial charge < -0.3 is 9.59 Å². The maximum Gasteiger partial charge on any atom is 0.0973 e. The number of quaternary nitrogens is 1. The molecule has 2 heteroatoms. The maximum absolute atomic E-state index is 9.48. The lowest BCUT2D eigenvalue weighted by atomic mass is 9.81. The van der Waals surface area contributed by atoms with Gasteiger partial charge in [0, 0.05) is 12.3 Å². The third-order valence-electron chi connectivity index (χ3n) is 4.51. The Bertz CT molecular complexity index is 225. The molecule has 0 aromatic heterocycles. The van der Waals surface area contributed by atoms with Crippen molar-refractivity contribution >= 4 is 0 Å². The Morgan fingerprint density at radius 1 is 1.20 bits per heavy atom. The highest BCUT2D eigenvalue weighted by molar-refractivity contribution is 4.81. The van der Waals surface area contributed by atoms with E-state index in [2.05, 4.69) is 12.7 Å². The van der Waals surface area contributed by atoms with Crippen LogP contribution in [0.3, 0.4) is 0 Å². The Morgan fingerprint density at radius 3 is 2.73 bits per heavy atom. The Balaban J connectivity index is 2.17. The molecule has 2 aliphatic heterocycles. The van der Waals surface area contributed by atoms with E-state index in [4.69, 9.17) is 0 Å². The van der Waals surface area contributed by atoms with Crippen molar-refractivity contribution in [3.63, 3.8) is 0 Å². The van der Waals surface area contributed by atoms with Crippen molar-refractivity contribution in [1.29, 1.82) is 0 Å². The smallest absolute Gasteiger partial charge is 0.0973 e. The second kappa shape index (κ2) is 4.67. The second-order valence-corrected chi connectivity index (χ2v) is 5.29. The third-order valence-corrected chi connectivity index (χ3v) is 4.51. The first-order chi connectivity index (χ1) is 7.32. The maximum atomic E-state index is 9.48. The molecule has 0 unspecified atom stereocenters. The molecule has 0 aromatic rings. The van der Waals surface area contributed by atoms with E-state index in [1.807, 2.05) is 0 Å². The minimum absolute atomic E-state index is 0.391. The number of fused-ring (bicyclic) bond motifs is 1. The minimum atomic E-state index is 0.391. The van der Waals surface area contributed by atoms with Crippen LogP contribution in [0.25, 0.3) is 0 Å². The summed E-state index contributed by atoms with van der Waals surface area (Å²) < 4.78 is 1.23. The van der Waals surface area contributed by atoms with E-state index < -0.39 is 0 Å². The van der Waals surface area contributed by atoms with E-state index in [0.29, 0.717) is 12.5 Å². The Hall–Kier alpha value is -0.340. The van der Waals surface area contributed by atoms with Crippen molar-refractivity contribution in [2.45, 2.75) is 38.1 Å². The number of aliphatic hydroxyl groups excluding tert-OH is 1. The predicted molar refractivity (Wildman–Crippen MR) is 62.5 cm³/mol. The summed E-state index contributed by atoms with van der Waals surface area (Å²) in [6, 6.07) is 0.718. The van der Waals surface area contributed by atoms with Crippen LogP contribution < -0.4 is 0 Å². The summed E-state index contributed by atoms with van der Waals surface area (Å²) in [6.07, 6.45) is 8.64. The predicted octanol–water partition coefficient (Wildman–Crippen LogP) is 1.94. The lowest BCUT2D eigenvalue weighted by molar-refractivity contribution is -0.959. The van der Waals surface area contributed by atoms with E-state index in [0.717, 1.165) is 12.6 Å². The lowest BCUT2D eigenvalue weighted by Crippen LogP contribution is -2.63. The standard InChI is InChI=1S/C13H24NO/c1-2-8-14-9-4-3-7-13(14)12(11-15)6-5-10-14/h2,12-13,15H,1,3-11H2/q+1/t12-,13+,14-/m0/s1. The molecule has 2 saturated heterocycles. The Morgan fingerprint density at radius 2 is 2.00 bits per heavy atom. The summed E-state index contributed by atoms with van der Waals surface area (Å²) >= 11 is 0. The van der Waals surface area contributed by atoms with Gasteiger partial charge in [0.15, 0.2) is 0 Å². The highest BCUT2D eigenvalue weighted by atomic mass is 16.3. The fraction of sp³-hybridized carbons (Fsp3) is 0.846. The fourth-order valence-corrected chi connectivity index (χ4v) is 3.83. The van der Waals surface area contributed by atoms with Crippen LogP contribution in [-0.4, -0.2) is 41.9 Å². The molecule has 0 spiro atoms. The van der Waals surface area contributed by atoms with Crippen LogP contribution in [0.4, 0.5) is 0 Å². The zero-order valence-corrected chi connectivity index (χ0v) is 9.70. The zero-order valence-electron chi connectivity index (χ0n) is 9.70. The summed E-state index contributed by atoms with van der Waals surface area (Å²) in [5.74, 6) is 0.555. The number of hydrogen-bond donors (Lipinski definition) is 1. The first-order valence-corrected chi connectivity index (χ1v) is 6.40. The van der Waals surface area contributed by atoms with Gasteiger partial charge in [0.25, 0.3) is 0 Å². The average molecular weight is 210 g/mol. The van der Waals surface area contributed by atoms with Crippen molar-refractivity contribution in [2.24, 2.45) is 5.92 Å². The van der Waals surface area contributed by atoms with Gasteiger partial charge in [-0.15, -0.1) is 0 Å². The number of rotatable bonds is 3. The molecule has 2 nitrogen and oxygen atoms in total. The Labute approximate surface area is 93.2 Å². The van der Waals surface area contributed by atoms with Crippen molar-refractivity contribution in [1.82, 2.24) is 0 Å². The van der Waals surface area contributed by atoms with E-state index in [-0.39, 0.29) is 0 Å². The zero-order chi connectivity index (χ0) is 10.7. The van der Waals surface area contributed by atoms with Gasteiger partial charge in [0.2, 0.25) is 0 Å². The summed E-state index contributed by atoms with van der Waals surface area (Å²) in [6.45, 7) is 8.04. The number of hydrogen-bond acceptors (Lipinski definition) is 1. The third kappa shape index (κ3) is 1.98. The summed E-state index contributed by atoms with van der Waals surface area (Å²) in [7, 11) is 0. The lowest BCUT2D eigenvalue weighted by Gasteiger charge is -2.53. The second-order valence-electron chi connectivity index (χ2n) is 5.29. The van der Waals surface area contributed by atoms with Gasteiger partial charge in [-0.3, -0.25) is 0 Å². The molecular formula is C13H24NO+. The first kappa shape index (κ1) is 11.2. The van der Waals surface area contributed by atoms with Crippen molar-refractivity contribution in [2.75, 3.05) is 26.2 Å². The molecule has 2 aliphatic rings. The molecule has 2 fully saturated rings. The molecule has 15 heavy (non-hydrogen) atoms. The molecule has 0 bridgehead atoms. The molecule has 0 aromatic carbocycles. The van der Waals surface area contributed by atoms with Gasteiger partial charge in [0.1, 0.15) is 0 Å². The topological polar surface area (TPSA) is 20.2 Å². The van der Waals surface area contributed by atoms with E-state index in [1.165, 1.54) is 49.7 Å². The number of nitrogens with zero attached hydrogens (tertiary/aromatic N) is 1. The molecule has 0 aliphatic carbocycles. The summed E-state index contributed by atoms with van der Waals surface area (Å²) in [5, 5.41) is 9.48. The van der Waals surface area contributed by atoms with Crippen LogP contribution >= 0.6 is 0 Å². The van der Waals surface area contributed by atoms with E-state index in [9.17, 15) is 5.11 Å². The SMILES string of the molecule is C=CC[N@@+]12CCCC[C@@H]1[C@H](CO)CCC2. The van der Waals surface area contributed by atoms with Crippen molar-refractivity contribution < 1.29 is 9.59 Å². The molecule has 86 valence electrons. The molecule has 1 N–H and O–H groups in total. The van der Waals surface area contributed by atoms with Crippen LogP contribution in [0.15, 0.2) is 12.7 Å². The Kier molecular flexibility index (Phi) is 3.47. The van der Waals surface area contributed by atoms with Crippen LogP contribution in [0.1, 0.15) is 32.1 Å². The highest BCUT2D eigenvalue weighted by Gasteiger charge is 2.45. The van der Waals surface area contributed by atoms with Gasteiger partial charge in [-0.05, 0) is 31.8 Å². The van der Waals surface area contributed by atoms with Gasteiger partial charge in [0.05, 0.1) is 32.3 Å².